The van der Waals surface area contributed by atoms with Gasteiger partial charge in [-0.05, 0) is 6.92 Å². The molecule has 0 saturated carbocycles. The fourth-order valence-corrected chi connectivity index (χ4v) is 2.54. The molecule has 0 unspecified atom stereocenters. The number of carbonyl (C=O) groups excluding carboxylic acids is 2. The van der Waals surface area contributed by atoms with Crippen LogP contribution in [0.4, 0.5) is 0 Å². The largest absolute Gasteiger partial charge is 0.462 e. The lowest BCUT2D eigenvalue weighted by atomic mass is 10.4. The maximum absolute atomic E-state index is 11.6. The molecule has 0 atom stereocenters. The van der Waals surface area contributed by atoms with Crippen molar-refractivity contribution < 1.29 is 14.3 Å². The van der Waals surface area contributed by atoms with Crippen molar-refractivity contribution in [3.8, 4) is 5.82 Å². The Bertz CT molecular complexity index is 786. The van der Waals surface area contributed by atoms with Crippen molar-refractivity contribution >= 4 is 28.6 Å². The van der Waals surface area contributed by atoms with E-state index in [1.807, 2.05) is 5.38 Å². The second kappa shape index (κ2) is 4.89. The van der Waals surface area contributed by atoms with Gasteiger partial charge in [-0.15, -0.1) is 11.3 Å². The molecule has 20 heavy (non-hydrogen) atoms. The van der Waals surface area contributed by atoms with Gasteiger partial charge in [-0.25, -0.2) is 9.48 Å². The molecule has 0 bridgehead atoms. The lowest BCUT2D eigenvalue weighted by molar-refractivity contribution is 0.0526. The van der Waals surface area contributed by atoms with Gasteiger partial charge in [0.1, 0.15) is 5.69 Å². The van der Waals surface area contributed by atoms with Gasteiger partial charge in [-0.2, -0.15) is 10.1 Å². The van der Waals surface area contributed by atoms with Crippen LogP contribution in [0.2, 0.25) is 0 Å². The molecule has 8 heteroatoms. The monoisotopic (exact) mass is 290 g/mol. The zero-order valence-electron chi connectivity index (χ0n) is 10.5. The molecule has 0 radical (unpaired) electrons. The summed E-state index contributed by atoms with van der Waals surface area (Å²) in [5.41, 5.74) is 0.708. The number of aromatic nitrogens is 4. The molecule has 0 aliphatic heterocycles. The minimum absolute atomic E-state index is 0.295. The van der Waals surface area contributed by atoms with Gasteiger partial charge in [0, 0.05) is 17.8 Å². The topological polar surface area (TPSA) is 78.5 Å². The second-order valence-electron chi connectivity index (χ2n) is 3.89. The van der Waals surface area contributed by atoms with Gasteiger partial charge in [0.25, 0.3) is 0 Å². The number of hydrogen-bond acceptors (Lipinski definition) is 6. The Morgan fingerprint density at radius 3 is 3.15 bits per heavy atom. The van der Waals surface area contributed by atoms with E-state index < -0.39 is 5.97 Å². The van der Waals surface area contributed by atoms with Crippen LogP contribution in [0.15, 0.2) is 24.0 Å². The fraction of sp³-hybridized carbons (Fsp3) is 0.167. The van der Waals surface area contributed by atoms with Crippen LogP contribution in [0.3, 0.4) is 0 Å². The molecule has 0 aliphatic rings. The molecule has 3 heterocycles. The molecule has 0 spiro atoms. The summed E-state index contributed by atoms with van der Waals surface area (Å²) >= 11 is 1.41. The standard InChI is InChI=1S/C12H10N4O3S/c1-2-19-11(18)8-5-13-16(6-8)10-9(7-17)15-3-4-20-12(15)14-10/h3-7H,2H2,1H3. The first-order valence-electron chi connectivity index (χ1n) is 5.87. The van der Waals surface area contributed by atoms with Crippen molar-refractivity contribution in [3.05, 3.63) is 35.2 Å². The predicted molar refractivity (Wildman–Crippen MR) is 71.5 cm³/mol. The minimum Gasteiger partial charge on any atom is -0.462 e. The number of esters is 1. The summed E-state index contributed by atoms with van der Waals surface area (Å²) in [6, 6.07) is 0. The number of rotatable bonds is 4. The summed E-state index contributed by atoms with van der Waals surface area (Å²) < 4.78 is 7.97. The third-order valence-electron chi connectivity index (χ3n) is 2.70. The molecule has 3 aromatic heterocycles. The number of nitrogens with zero attached hydrogens (tertiary/aromatic N) is 4. The molecule has 7 nitrogen and oxygen atoms in total. The third-order valence-corrected chi connectivity index (χ3v) is 3.46. The van der Waals surface area contributed by atoms with E-state index in [2.05, 4.69) is 10.1 Å². The highest BCUT2D eigenvalue weighted by Gasteiger charge is 2.17. The van der Waals surface area contributed by atoms with Gasteiger partial charge in [0.05, 0.1) is 18.4 Å². The number of thiazole rings is 1. The Morgan fingerprint density at radius 1 is 1.55 bits per heavy atom. The highest BCUT2D eigenvalue weighted by Crippen LogP contribution is 2.19. The minimum atomic E-state index is -0.451. The summed E-state index contributed by atoms with van der Waals surface area (Å²) in [6.07, 6.45) is 5.36. The Kier molecular flexibility index (Phi) is 3.07. The van der Waals surface area contributed by atoms with Crippen LogP contribution >= 0.6 is 11.3 Å². The molecule has 0 saturated heterocycles. The van der Waals surface area contributed by atoms with Gasteiger partial charge in [0.2, 0.25) is 0 Å². The molecule has 3 aromatic rings. The van der Waals surface area contributed by atoms with Crippen LogP contribution < -0.4 is 0 Å². The van der Waals surface area contributed by atoms with E-state index in [9.17, 15) is 9.59 Å². The summed E-state index contributed by atoms with van der Waals surface area (Å²) in [4.78, 5) is 27.8. The molecule has 0 aliphatic carbocycles. The van der Waals surface area contributed by atoms with Gasteiger partial charge in [-0.1, -0.05) is 0 Å². The number of ether oxygens (including phenoxy) is 1. The van der Waals surface area contributed by atoms with Crippen LogP contribution in [-0.2, 0) is 4.74 Å². The first-order chi connectivity index (χ1) is 9.74. The fourth-order valence-electron chi connectivity index (χ4n) is 1.83. The Balaban J connectivity index is 2.05. The molecule has 0 amide bonds. The van der Waals surface area contributed by atoms with Crippen molar-refractivity contribution in [3.63, 3.8) is 0 Å². The summed E-state index contributed by atoms with van der Waals surface area (Å²) in [6.45, 7) is 2.03. The van der Waals surface area contributed by atoms with Crippen molar-refractivity contribution in [2.75, 3.05) is 6.61 Å². The molecule has 102 valence electrons. The van der Waals surface area contributed by atoms with Gasteiger partial charge in [-0.3, -0.25) is 9.20 Å². The Labute approximate surface area is 117 Å². The Hall–Kier alpha value is -2.48. The molecular formula is C12H10N4O3S. The number of imidazole rings is 1. The van der Waals surface area contributed by atoms with Crippen LogP contribution in [0.1, 0.15) is 27.8 Å². The molecular weight excluding hydrogens is 280 g/mol. The van der Waals surface area contributed by atoms with Gasteiger partial charge in [0.15, 0.2) is 17.1 Å². The number of hydrogen-bond donors (Lipinski definition) is 0. The second-order valence-corrected chi connectivity index (χ2v) is 4.76. The van der Waals surface area contributed by atoms with E-state index in [1.54, 1.807) is 17.5 Å². The zero-order chi connectivity index (χ0) is 14.1. The van der Waals surface area contributed by atoms with Crippen molar-refractivity contribution in [2.24, 2.45) is 0 Å². The smallest absolute Gasteiger partial charge is 0.341 e. The van der Waals surface area contributed by atoms with E-state index in [0.29, 0.717) is 34.9 Å². The Morgan fingerprint density at radius 2 is 2.40 bits per heavy atom. The van der Waals surface area contributed by atoms with Gasteiger partial charge < -0.3 is 4.74 Å². The zero-order valence-corrected chi connectivity index (χ0v) is 11.3. The average molecular weight is 290 g/mol. The van der Waals surface area contributed by atoms with Crippen molar-refractivity contribution in [2.45, 2.75) is 6.92 Å². The van der Waals surface area contributed by atoms with Gasteiger partial charge >= 0.3 is 5.97 Å². The highest BCUT2D eigenvalue weighted by atomic mass is 32.1. The van der Waals surface area contributed by atoms with E-state index in [-0.39, 0.29) is 0 Å². The lowest BCUT2D eigenvalue weighted by Gasteiger charge is -1.98. The first-order valence-corrected chi connectivity index (χ1v) is 6.75. The SMILES string of the molecule is CCOC(=O)c1cnn(-c2nc3sccn3c2C=O)c1. The summed E-state index contributed by atoms with van der Waals surface area (Å²) in [7, 11) is 0. The van der Waals surface area contributed by atoms with Crippen molar-refractivity contribution in [1.82, 2.24) is 19.2 Å². The quantitative estimate of drug-likeness (QED) is 0.538. The summed E-state index contributed by atoms with van der Waals surface area (Å²) in [5, 5.41) is 5.90. The average Bonchev–Trinajstić information content (AvgIpc) is 3.13. The maximum Gasteiger partial charge on any atom is 0.341 e. The van der Waals surface area contributed by atoms with E-state index in [4.69, 9.17) is 4.74 Å². The third kappa shape index (κ3) is 1.90. The van der Waals surface area contributed by atoms with E-state index in [0.717, 1.165) is 0 Å². The predicted octanol–water partition coefficient (Wildman–Crippen LogP) is 1.57. The van der Waals surface area contributed by atoms with E-state index >= 15 is 0 Å². The highest BCUT2D eigenvalue weighted by molar-refractivity contribution is 7.15. The first kappa shape index (κ1) is 12.5. The van der Waals surface area contributed by atoms with Crippen LogP contribution in [0.5, 0.6) is 0 Å². The van der Waals surface area contributed by atoms with Crippen LogP contribution in [0.25, 0.3) is 10.8 Å². The number of aldehydes is 1. The summed E-state index contributed by atoms with van der Waals surface area (Å²) in [5.74, 6) is -0.0603. The maximum atomic E-state index is 11.6. The normalized spacial score (nSPS) is 10.8. The van der Waals surface area contributed by atoms with Crippen molar-refractivity contribution in [1.29, 1.82) is 0 Å². The van der Waals surface area contributed by atoms with Crippen LogP contribution in [-0.4, -0.2) is 38.0 Å². The van der Waals surface area contributed by atoms with Crippen LogP contribution in [0, 0.1) is 0 Å². The lowest BCUT2D eigenvalue weighted by Crippen LogP contribution is -2.04. The molecule has 3 rings (SSSR count). The molecule has 0 N–H and O–H groups in total. The number of carbonyl (C=O) groups is 2. The number of fused-ring (bicyclic) bond motifs is 1. The van der Waals surface area contributed by atoms with E-state index in [1.165, 1.54) is 28.4 Å². The molecule has 0 fully saturated rings. The molecule has 0 aromatic carbocycles.